The van der Waals surface area contributed by atoms with Crippen molar-refractivity contribution in [2.75, 3.05) is 0 Å². The van der Waals surface area contributed by atoms with E-state index in [-0.39, 0.29) is 4.90 Å². The van der Waals surface area contributed by atoms with Crippen LogP contribution in [0.1, 0.15) is 20.9 Å². The fourth-order valence-electron chi connectivity index (χ4n) is 1.83. The lowest BCUT2D eigenvalue weighted by atomic mass is 10.2. The first kappa shape index (κ1) is 15.2. The van der Waals surface area contributed by atoms with Crippen LogP contribution in [0.3, 0.4) is 0 Å². The topological polar surface area (TPSA) is 72.2 Å². The van der Waals surface area contributed by atoms with Gasteiger partial charge in [-0.15, -0.1) is 11.3 Å². The zero-order valence-corrected chi connectivity index (χ0v) is 13.1. The number of thiophene rings is 1. The van der Waals surface area contributed by atoms with Gasteiger partial charge in [0, 0.05) is 22.8 Å². The van der Waals surface area contributed by atoms with Crippen molar-refractivity contribution in [2.45, 2.75) is 31.8 Å². The van der Waals surface area contributed by atoms with E-state index in [1.54, 1.807) is 29.5 Å². The van der Waals surface area contributed by atoms with Gasteiger partial charge in [0.2, 0.25) is 10.0 Å². The van der Waals surface area contributed by atoms with Gasteiger partial charge in [0.05, 0.1) is 4.90 Å². The number of sulfonamides is 1. The Morgan fingerprint density at radius 2 is 2.00 bits per heavy atom. The van der Waals surface area contributed by atoms with Crippen molar-refractivity contribution in [3.8, 4) is 0 Å². The number of nitrogens with one attached hydrogen (secondary N) is 1. The molecule has 0 radical (unpaired) electrons. The van der Waals surface area contributed by atoms with Gasteiger partial charge < -0.3 is 5.73 Å². The number of hydrogen-bond acceptors (Lipinski definition) is 4. The van der Waals surface area contributed by atoms with Crippen LogP contribution in [0.15, 0.2) is 35.2 Å². The molecule has 0 aliphatic rings. The van der Waals surface area contributed by atoms with Crippen molar-refractivity contribution in [1.29, 1.82) is 0 Å². The first-order valence-corrected chi connectivity index (χ1v) is 8.57. The summed E-state index contributed by atoms with van der Waals surface area (Å²) in [4.78, 5) is 2.48. The molecule has 0 saturated heterocycles. The van der Waals surface area contributed by atoms with Gasteiger partial charge in [0.1, 0.15) is 0 Å². The van der Waals surface area contributed by atoms with E-state index < -0.39 is 10.0 Å². The second kappa shape index (κ2) is 6.05. The molecular formula is C14H18N2O2S2. The Hall–Kier alpha value is -1.21. The number of nitrogens with two attached hydrogens (primary N) is 1. The van der Waals surface area contributed by atoms with E-state index >= 15 is 0 Å². The minimum Gasteiger partial charge on any atom is -0.326 e. The van der Waals surface area contributed by atoms with Gasteiger partial charge in [0.15, 0.2) is 0 Å². The number of aryl methyl sites for hydroxylation is 2. The molecule has 0 saturated carbocycles. The second-order valence-electron chi connectivity index (χ2n) is 4.63. The minimum atomic E-state index is -3.49. The summed E-state index contributed by atoms with van der Waals surface area (Å²) in [5.41, 5.74) is 7.52. The molecule has 0 amide bonds. The third-order valence-electron chi connectivity index (χ3n) is 3.10. The fourth-order valence-corrected chi connectivity index (χ4v) is 3.99. The summed E-state index contributed by atoms with van der Waals surface area (Å²) < 4.78 is 27.1. The van der Waals surface area contributed by atoms with E-state index in [0.717, 1.165) is 10.4 Å². The summed E-state index contributed by atoms with van der Waals surface area (Å²) in [7, 11) is -3.49. The first-order valence-electron chi connectivity index (χ1n) is 6.27. The molecule has 0 fully saturated rings. The summed E-state index contributed by atoms with van der Waals surface area (Å²) in [6.45, 7) is 4.69. The smallest absolute Gasteiger partial charge is 0.240 e. The zero-order valence-electron chi connectivity index (χ0n) is 11.5. The molecule has 0 aliphatic carbocycles. The number of benzene rings is 1. The zero-order chi connectivity index (χ0) is 14.8. The number of rotatable bonds is 5. The van der Waals surface area contributed by atoms with Crippen molar-refractivity contribution in [3.63, 3.8) is 0 Å². The summed E-state index contributed by atoms with van der Waals surface area (Å²) in [5.74, 6) is 0. The Balaban J connectivity index is 2.14. The predicted molar refractivity (Wildman–Crippen MR) is 82.2 cm³/mol. The van der Waals surface area contributed by atoms with Crippen molar-refractivity contribution in [2.24, 2.45) is 5.73 Å². The van der Waals surface area contributed by atoms with Gasteiger partial charge in [-0.25, -0.2) is 13.1 Å². The predicted octanol–water partition coefficient (Wildman–Crippen LogP) is 2.30. The Morgan fingerprint density at radius 3 is 2.60 bits per heavy atom. The highest BCUT2D eigenvalue weighted by Crippen LogP contribution is 2.21. The lowest BCUT2D eigenvalue weighted by Crippen LogP contribution is -2.23. The monoisotopic (exact) mass is 310 g/mol. The summed E-state index contributed by atoms with van der Waals surface area (Å²) in [6, 6.07) is 8.71. The molecule has 4 nitrogen and oxygen atoms in total. The van der Waals surface area contributed by atoms with Crippen LogP contribution in [0.5, 0.6) is 0 Å². The molecule has 3 N–H and O–H groups in total. The molecule has 6 heteroatoms. The van der Waals surface area contributed by atoms with Crippen molar-refractivity contribution < 1.29 is 8.42 Å². The molecule has 0 aliphatic heterocycles. The van der Waals surface area contributed by atoms with Crippen molar-refractivity contribution in [3.05, 3.63) is 51.2 Å². The van der Waals surface area contributed by atoms with Crippen molar-refractivity contribution in [1.82, 2.24) is 4.72 Å². The second-order valence-corrected chi connectivity index (χ2v) is 7.74. The normalized spacial score (nSPS) is 11.8. The highest BCUT2D eigenvalue weighted by Gasteiger charge is 2.14. The van der Waals surface area contributed by atoms with Crippen molar-refractivity contribution >= 4 is 21.4 Å². The summed E-state index contributed by atoms with van der Waals surface area (Å²) in [6.07, 6.45) is 0. The van der Waals surface area contributed by atoms with E-state index in [4.69, 9.17) is 5.73 Å². The molecule has 2 rings (SSSR count). The lowest BCUT2D eigenvalue weighted by molar-refractivity contribution is 0.581. The average Bonchev–Trinajstić information content (AvgIpc) is 2.76. The van der Waals surface area contributed by atoms with Gasteiger partial charge in [-0.1, -0.05) is 12.1 Å². The van der Waals surface area contributed by atoms with Crippen LogP contribution in [-0.2, 0) is 23.1 Å². The van der Waals surface area contributed by atoms with E-state index in [0.29, 0.717) is 13.1 Å². The fraction of sp³-hybridized carbons (Fsp3) is 0.286. The Morgan fingerprint density at radius 1 is 1.25 bits per heavy atom. The highest BCUT2D eigenvalue weighted by atomic mass is 32.2. The molecule has 1 aromatic carbocycles. The number of hydrogen-bond donors (Lipinski definition) is 2. The van der Waals surface area contributed by atoms with E-state index in [1.807, 2.05) is 26.0 Å². The maximum absolute atomic E-state index is 12.2. The molecule has 0 bridgehead atoms. The Labute approximate surface area is 123 Å². The van der Waals surface area contributed by atoms with Crippen LogP contribution in [0.2, 0.25) is 0 Å². The SMILES string of the molecule is Cc1cc(CNS(=O)(=O)c2cccc(CN)c2)sc1C. The average molecular weight is 310 g/mol. The molecule has 1 heterocycles. The van der Waals surface area contributed by atoms with Crippen LogP contribution in [-0.4, -0.2) is 8.42 Å². The van der Waals surface area contributed by atoms with Crippen LogP contribution in [0, 0.1) is 13.8 Å². The third-order valence-corrected chi connectivity index (χ3v) is 5.65. The summed E-state index contributed by atoms with van der Waals surface area (Å²) >= 11 is 1.61. The van der Waals surface area contributed by atoms with Crippen LogP contribution in [0.25, 0.3) is 0 Å². The molecule has 0 spiro atoms. The van der Waals surface area contributed by atoms with E-state index in [9.17, 15) is 8.42 Å². The molecule has 2 aromatic rings. The maximum Gasteiger partial charge on any atom is 0.240 e. The van der Waals surface area contributed by atoms with Crippen LogP contribution in [0.4, 0.5) is 0 Å². The van der Waals surface area contributed by atoms with Gasteiger partial charge in [-0.3, -0.25) is 0 Å². The highest BCUT2D eigenvalue weighted by molar-refractivity contribution is 7.89. The van der Waals surface area contributed by atoms with Crippen LogP contribution < -0.4 is 10.5 Å². The quantitative estimate of drug-likeness (QED) is 0.890. The van der Waals surface area contributed by atoms with Gasteiger partial charge in [0.25, 0.3) is 0 Å². The largest absolute Gasteiger partial charge is 0.326 e. The van der Waals surface area contributed by atoms with E-state index in [2.05, 4.69) is 4.72 Å². The molecule has 0 atom stereocenters. The van der Waals surface area contributed by atoms with E-state index in [1.165, 1.54) is 10.4 Å². The Kier molecular flexibility index (Phi) is 4.59. The lowest BCUT2D eigenvalue weighted by Gasteiger charge is -2.07. The van der Waals surface area contributed by atoms with Gasteiger partial charge in [-0.2, -0.15) is 0 Å². The van der Waals surface area contributed by atoms with Gasteiger partial charge in [-0.05, 0) is 43.2 Å². The molecule has 0 unspecified atom stereocenters. The third kappa shape index (κ3) is 3.46. The molecule has 20 heavy (non-hydrogen) atoms. The first-order chi connectivity index (χ1) is 9.42. The minimum absolute atomic E-state index is 0.255. The Bertz CT molecular complexity index is 686. The summed E-state index contributed by atoms with van der Waals surface area (Å²) in [5, 5.41) is 0. The van der Waals surface area contributed by atoms with Crippen LogP contribution >= 0.6 is 11.3 Å². The molecule has 1 aromatic heterocycles. The molecular weight excluding hydrogens is 292 g/mol. The maximum atomic E-state index is 12.2. The molecule has 108 valence electrons. The standard InChI is InChI=1S/C14H18N2O2S2/c1-10-6-13(19-11(10)2)9-16-20(17,18)14-5-3-4-12(7-14)8-15/h3-7,16H,8-9,15H2,1-2H3. The van der Waals surface area contributed by atoms with Gasteiger partial charge >= 0.3 is 0 Å².